The molecule has 21 heavy (non-hydrogen) atoms. The molecule has 2 aromatic rings. The largest absolute Gasteiger partial charge is 0.465 e. The van der Waals surface area contributed by atoms with Gasteiger partial charge in [-0.3, -0.25) is 0 Å². The van der Waals surface area contributed by atoms with Crippen LogP contribution in [0.2, 0.25) is 5.02 Å². The first-order valence-corrected chi connectivity index (χ1v) is 7.90. The molecule has 1 aromatic carbocycles. The SMILES string of the molecule is COC(=O)c1sc2cc(NC(=S)NC(C)C)ccc2c1Cl. The van der Waals surface area contributed by atoms with Gasteiger partial charge >= 0.3 is 5.97 Å². The standard InChI is InChI=1S/C14H15ClN2O2S2/c1-7(2)16-14(20)17-8-4-5-9-10(6-8)21-12(11(9)15)13(18)19-3/h4-7H,1-3H3,(H2,16,17,20). The number of benzene rings is 1. The summed E-state index contributed by atoms with van der Waals surface area (Å²) in [5.74, 6) is -0.423. The van der Waals surface area contributed by atoms with E-state index in [9.17, 15) is 4.79 Å². The summed E-state index contributed by atoms with van der Waals surface area (Å²) in [6.07, 6.45) is 0. The Kier molecular flexibility index (Phi) is 5.03. The number of methoxy groups -OCH3 is 1. The summed E-state index contributed by atoms with van der Waals surface area (Å²) >= 11 is 12.7. The van der Waals surface area contributed by atoms with Crippen molar-refractivity contribution in [1.82, 2.24) is 5.32 Å². The van der Waals surface area contributed by atoms with E-state index in [-0.39, 0.29) is 6.04 Å². The van der Waals surface area contributed by atoms with Crippen molar-refractivity contribution in [3.8, 4) is 0 Å². The van der Waals surface area contributed by atoms with Crippen LogP contribution in [0, 0.1) is 0 Å². The molecular weight excluding hydrogens is 328 g/mol. The molecule has 1 aromatic heterocycles. The van der Waals surface area contributed by atoms with Gasteiger partial charge < -0.3 is 15.4 Å². The molecule has 0 unspecified atom stereocenters. The maximum Gasteiger partial charge on any atom is 0.349 e. The van der Waals surface area contributed by atoms with E-state index in [4.69, 9.17) is 28.6 Å². The van der Waals surface area contributed by atoms with Gasteiger partial charge in [-0.05, 0) is 44.3 Å². The Bertz CT molecular complexity index is 698. The van der Waals surface area contributed by atoms with E-state index in [1.165, 1.54) is 18.4 Å². The maximum absolute atomic E-state index is 11.6. The van der Waals surface area contributed by atoms with Crippen LogP contribution >= 0.6 is 35.2 Å². The molecular formula is C14H15ClN2O2S2. The van der Waals surface area contributed by atoms with Gasteiger partial charge in [-0.25, -0.2) is 4.79 Å². The molecule has 0 spiro atoms. The number of rotatable bonds is 3. The highest BCUT2D eigenvalue weighted by Gasteiger charge is 2.17. The highest BCUT2D eigenvalue weighted by molar-refractivity contribution is 7.80. The number of fused-ring (bicyclic) bond motifs is 1. The summed E-state index contributed by atoms with van der Waals surface area (Å²) in [6.45, 7) is 4.03. The Hall–Kier alpha value is -1.37. The zero-order chi connectivity index (χ0) is 15.6. The minimum atomic E-state index is -0.423. The van der Waals surface area contributed by atoms with Crippen molar-refractivity contribution < 1.29 is 9.53 Å². The number of esters is 1. The molecule has 0 saturated carbocycles. The van der Waals surface area contributed by atoms with Crippen molar-refractivity contribution in [3.63, 3.8) is 0 Å². The second-order valence-corrected chi connectivity index (χ2v) is 6.54. The van der Waals surface area contributed by atoms with Crippen LogP contribution in [0.3, 0.4) is 0 Å². The molecule has 4 nitrogen and oxygen atoms in total. The number of thiocarbonyl (C=S) groups is 1. The van der Waals surface area contributed by atoms with E-state index in [0.717, 1.165) is 15.8 Å². The summed E-state index contributed by atoms with van der Waals surface area (Å²) in [7, 11) is 1.34. The predicted molar refractivity (Wildman–Crippen MR) is 92.7 cm³/mol. The van der Waals surface area contributed by atoms with Gasteiger partial charge in [0.05, 0.1) is 12.1 Å². The molecule has 0 aliphatic heterocycles. The third-order valence-corrected chi connectivity index (χ3v) is 4.54. The number of carbonyl (C=O) groups is 1. The van der Waals surface area contributed by atoms with Crippen molar-refractivity contribution in [3.05, 3.63) is 28.1 Å². The zero-order valence-corrected chi connectivity index (χ0v) is 14.2. The Balaban J connectivity index is 2.30. The molecule has 2 N–H and O–H groups in total. The predicted octanol–water partition coefficient (Wildman–Crippen LogP) is 4.04. The summed E-state index contributed by atoms with van der Waals surface area (Å²) in [6, 6.07) is 5.90. The topological polar surface area (TPSA) is 50.4 Å². The first kappa shape index (κ1) is 16.0. The van der Waals surface area contributed by atoms with Crippen molar-refractivity contribution >= 4 is 62.0 Å². The molecule has 0 fully saturated rings. The van der Waals surface area contributed by atoms with Gasteiger partial charge in [0.25, 0.3) is 0 Å². The van der Waals surface area contributed by atoms with Crippen LogP contribution in [0.15, 0.2) is 18.2 Å². The van der Waals surface area contributed by atoms with Gasteiger partial charge in [-0.1, -0.05) is 11.6 Å². The molecule has 0 aliphatic rings. The number of hydrogen-bond donors (Lipinski definition) is 2. The van der Waals surface area contributed by atoms with Crippen molar-refractivity contribution in [2.24, 2.45) is 0 Å². The van der Waals surface area contributed by atoms with Crippen LogP contribution in [-0.4, -0.2) is 24.2 Å². The van der Waals surface area contributed by atoms with E-state index in [1.54, 1.807) is 0 Å². The van der Waals surface area contributed by atoms with Crippen LogP contribution in [0.5, 0.6) is 0 Å². The molecule has 0 saturated heterocycles. The van der Waals surface area contributed by atoms with Crippen LogP contribution in [0.25, 0.3) is 10.1 Å². The van der Waals surface area contributed by atoms with Crippen molar-refractivity contribution in [2.45, 2.75) is 19.9 Å². The highest BCUT2D eigenvalue weighted by Crippen LogP contribution is 2.37. The fourth-order valence-corrected chi connectivity index (χ4v) is 3.62. The zero-order valence-electron chi connectivity index (χ0n) is 11.8. The third-order valence-electron chi connectivity index (χ3n) is 2.68. The molecule has 112 valence electrons. The lowest BCUT2D eigenvalue weighted by molar-refractivity contribution is 0.0606. The monoisotopic (exact) mass is 342 g/mol. The summed E-state index contributed by atoms with van der Waals surface area (Å²) in [5.41, 5.74) is 0.843. The molecule has 0 radical (unpaired) electrons. The Labute approximate surface area is 137 Å². The molecule has 7 heteroatoms. The van der Waals surface area contributed by atoms with Gasteiger partial charge in [-0.2, -0.15) is 0 Å². The lowest BCUT2D eigenvalue weighted by atomic mass is 10.2. The lowest BCUT2D eigenvalue weighted by Gasteiger charge is -2.13. The number of ether oxygens (including phenoxy) is 1. The van der Waals surface area contributed by atoms with Crippen molar-refractivity contribution in [2.75, 3.05) is 12.4 Å². The first-order valence-electron chi connectivity index (χ1n) is 6.30. The number of thiophene rings is 1. The minimum Gasteiger partial charge on any atom is -0.465 e. The van der Waals surface area contributed by atoms with Gasteiger partial charge in [0, 0.05) is 21.8 Å². The van der Waals surface area contributed by atoms with Gasteiger partial charge in [0.2, 0.25) is 0 Å². The van der Waals surface area contributed by atoms with Crippen molar-refractivity contribution in [1.29, 1.82) is 0 Å². The van der Waals surface area contributed by atoms with Gasteiger partial charge in [0.1, 0.15) is 4.88 Å². The van der Waals surface area contributed by atoms with E-state index >= 15 is 0 Å². The van der Waals surface area contributed by atoms with E-state index < -0.39 is 5.97 Å². The normalized spacial score (nSPS) is 10.7. The smallest absolute Gasteiger partial charge is 0.349 e. The quantitative estimate of drug-likeness (QED) is 0.651. The molecule has 2 rings (SSSR count). The van der Waals surface area contributed by atoms with Gasteiger partial charge in [-0.15, -0.1) is 11.3 Å². The van der Waals surface area contributed by atoms with E-state index in [1.807, 2.05) is 32.0 Å². The maximum atomic E-state index is 11.6. The van der Waals surface area contributed by atoms with Gasteiger partial charge in [0.15, 0.2) is 5.11 Å². The average Bonchev–Trinajstić information content (AvgIpc) is 2.74. The van der Waals surface area contributed by atoms with E-state index in [2.05, 4.69) is 10.6 Å². The fraction of sp³-hybridized carbons (Fsp3) is 0.286. The fourth-order valence-electron chi connectivity index (χ4n) is 1.80. The number of anilines is 1. The molecule has 0 atom stereocenters. The Morgan fingerprint density at radius 1 is 1.43 bits per heavy atom. The van der Waals surface area contributed by atoms with Crippen LogP contribution in [-0.2, 0) is 4.74 Å². The third kappa shape index (κ3) is 3.64. The minimum absolute atomic E-state index is 0.260. The average molecular weight is 343 g/mol. The summed E-state index contributed by atoms with van der Waals surface area (Å²) in [5, 5.41) is 8.02. The first-order chi connectivity index (χ1) is 9.92. The van der Waals surface area contributed by atoms with Crippen LogP contribution < -0.4 is 10.6 Å². The Morgan fingerprint density at radius 3 is 2.76 bits per heavy atom. The summed E-state index contributed by atoms with van der Waals surface area (Å²) in [4.78, 5) is 12.1. The second kappa shape index (κ2) is 6.60. The number of hydrogen-bond acceptors (Lipinski definition) is 4. The molecule has 0 bridgehead atoms. The number of halogens is 1. The van der Waals surface area contributed by atoms with Crippen LogP contribution in [0.4, 0.5) is 5.69 Å². The Morgan fingerprint density at radius 2 is 2.14 bits per heavy atom. The molecule has 1 heterocycles. The van der Waals surface area contributed by atoms with Crippen LogP contribution in [0.1, 0.15) is 23.5 Å². The number of carbonyl (C=O) groups excluding carboxylic acids is 1. The highest BCUT2D eigenvalue weighted by atomic mass is 35.5. The molecule has 0 amide bonds. The van der Waals surface area contributed by atoms with E-state index in [0.29, 0.717) is 15.0 Å². The number of nitrogens with one attached hydrogen (secondary N) is 2. The lowest BCUT2D eigenvalue weighted by Crippen LogP contribution is -2.33. The molecule has 0 aliphatic carbocycles. The summed E-state index contributed by atoms with van der Waals surface area (Å²) < 4.78 is 5.63. The second-order valence-electron chi connectivity index (χ2n) is 4.70.